The van der Waals surface area contributed by atoms with Gasteiger partial charge in [0.15, 0.2) is 0 Å². The highest BCUT2D eigenvalue weighted by Gasteiger charge is 2.14. The molecule has 0 aliphatic heterocycles. The lowest BCUT2D eigenvalue weighted by Crippen LogP contribution is -2.21. The van der Waals surface area contributed by atoms with E-state index in [2.05, 4.69) is 33.7 Å². The summed E-state index contributed by atoms with van der Waals surface area (Å²) in [4.78, 5) is 16.9. The molecule has 1 heterocycles. The zero-order valence-corrected chi connectivity index (χ0v) is 13.9. The summed E-state index contributed by atoms with van der Waals surface area (Å²) in [5, 5.41) is 5.43. The molecule has 3 aromatic rings. The topological polar surface area (TPSA) is 54.4 Å². The van der Waals surface area contributed by atoms with Crippen molar-refractivity contribution < 1.29 is 4.79 Å². The minimum absolute atomic E-state index is 0.278. The maximum atomic E-state index is 12.4. The summed E-state index contributed by atoms with van der Waals surface area (Å²) in [7, 11) is 0. The van der Waals surface area contributed by atoms with Gasteiger partial charge in [-0.2, -0.15) is 5.10 Å². The number of aromatic nitrogens is 1. The molecule has 1 aliphatic rings. The molecule has 25 heavy (non-hydrogen) atoms. The summed E-state index contributed by atoms with van der Waals surface area (Å²) in [5.41, 5.74) is 7.27. The number of hydrazone groups is 1. The van der Waals surface area contributed by atoms with Crippen LogP contribution in [0.1, 0.15) is 40.9 Å². The van der Waals surface area contributed by atoms with Crippen LogP contribution in [0.5, 0.6) is 0 Å². The van der Waals surface area contributed by atoms with Gasteiger partial charge in [-0.15, -0.1) is 0 Å². The van der Waals surface area contributed by atoms with Crippen LogP contribution in [0, 0.1) is 0 Å². The van der Waals surface area contributed by atoms with E-state index in [-0.39, 0.29) is 5.91 Å². The Hall–Kier alpha value is -3.01. The number of amides is 1. The molecule has 1 amide bonds. The quantitative estimate of drug-likeness (QED) is 0.568. The molecule has 0 fully saturated rings. The number of nitrogens with one attached hydrogen (secondary N) is 1. The molecule has 0 saturated heterocycles. The van der Waals surface area contributed by atoms with E-state index in [0.717, 1.165) is 47.9 Å². The molecule has 1 aromatic heterocycles. The number of rotatable bonds is 2. The third-order valence-corrected chi connectivity index (χ3v) is 4.56. The molecule has 0 bridgehead atoms. The van der Waals surface area contributed by atoms with Crippen LogP contribution in [0.15, 0.2) is 65.8 Å². The van der Waals surface area contributed by atoms with Crippen molar-refractivity contribution in [3.63, 3.8) is 0 Å². The summed E-state index contributed by atoms with van der Waals surface area (Å²) in [6.07, 6.45) is 4.17. The molecule has 0 spiro atoms. The fourth-order valence-electron chi connectivity index (χ4n) is 3.25. The van der Waals surface area contributed by atoms with Gasteiger partial charge in [-0.05, 0) is 43.4 Å². The number of aryl methyl sites for hydroxylation is 1. The molecule has 4 nitrogen and oxygen atoms in total. The number of para-hydroxylation sites is 1. The number of fused-ring (bicyclic) bond motifs is 2. The Kier molecular flexibility index (Phi) is 4.25. The van der Waals surface area contributed by atoms with Crippen molar-refractivity contribution in [2.45, 2.75) is 25.7 Å². The fraction of sp³-hybridized carbons (Fsp3) is 0.190. The highest BCUT2D eigenvalue weighted by atomic mass is 16.2. The first-order chi connectivity index (χ1) is 12.3. The smallest absolute Gasteiger partial charge is 0.266 e. The third-order valence-electron chi connectivity index (χ3n) is 4.56. The lowest BCUT2D eigenvalue weighted by Gasteiger charge is -2.08. The van der Waals surface area contributed by atoms with Crippen molar-refractivity contribution in [2.75, 3.05) is 0 Å². The van der Waals surface area contributed by atoms with Gasteiger partial charge in [-0.25, -0.2) is 10.4 Å². The zero-order chi connectivity index (χ0) is 17.1. The van der Waals surface area contributed by atoms with E-state index < -0.39 is 0 Å². The Morgan fingerprint density at radius 1 is 0.920 bits per heavy atom. The number of carbonyl (C=O) groups excluding carboxylic acids is 1. The Morgan fingerprint density at radius 2 is 1.72 bits per heavy atom. The third kappa shape index (κ3) is 3.29. The maximum absolute atomic E-state index is 12.4. The summed E-state index contributed by atoms with van der Waals surface area (Å²) in [5.74, 6) is -0.278. The second-order valence-corrected chi connectivity index (χ2v) is 6.25. The maximum Gasteiger partial charge on any atom is 0.289 e. The van der Waals surface area contributed by atoms with E-state index in [1.807, 2.05) is 36.4 Å². The van der Waals surface area contributed by atoms with E-state index in [9.17, 15) is 4.79 Å². The fourth-order valence-corrected chi connectivity index (χ4v) is 3.25. The van der Waals surface area contributed by atoms with Crippen molar-refractivity contribution >= 4 is 22.5 Å². The Bertz CT molecular complexity index is 962. The molecule has 124 valence electrons. The van der Waals surface area contributed by atoms with Gasteiger partial charge in [0, 0.05) is 10.9 Å². The number of hydrogen-bond acceptors (Lipinski definition) is 3. The molecule has 1 N–H and O–H groups in total. The summed E-state index contributed by atoms with van der Waals surface area (Å²) >= 11 is 0. The summed E-state index contributed by atoms with van der Waals surface area (Å²) in [6.45, 7) is 0. The van der Waals surface area contributed by atoms with E-state index in [1.165, 1.54) is 5.56 Å². The van der Waals surface area contributed by atoms with Gasteiger partial charge in [0.1, 0.15) is 5.69 Å². The lowest BCUT2D eigenvalue weighted by molar-refractivity contribution is 0.0950. The average molecular weight is 329 g/mol. The van der Waals surface area contributed by atoms with Crippen LogP contribution in [0.2, 0.25) is 0 Å². The van der Waals surface area contributed by atoms with E-state index >= 15 is 0 Å². The molecule has 0 unspecified atom stereocenters. The first kappa shape index (κ1) is 15.5. The normalized spacial score (nSPS) is 15.6. The predicted octanol–water partition coefficient (Wildman–Crippen LogP) is 4.10. The van der Waals surface area contributed by atoms with E-state index in [1.54, 1.807) is 6.07 Å². The van der Waals surface area contributed by atoms with Gasteiger partial charge in [0.25, 0.3) is 5.91 Å². The van der Waals surface area contributed by atoms with Crippen LogP contribution in [-0.2, 0) is 6.42 Å². The van der Waals surface area contributed by atoms with Gasteiger partial charge in [0.05, 0.1) is 11.2 Å². The minimum Gasteiger partial charge on any atom is -0.266 e. The van der Waals surface area contributed by atoms with Crippen molar-refractivity contribution in [3.8, 4) is 0 Å². The molecule has 0 saturated carbocycles. The van der Waals surface area contributed by atoms with E-state index in [4.69, 9.17) is 0 Å². The molecule has 2 aromatic carbocycles. The Balaban J connectivity index is 1.59. The van der Waals surface area contributed by atoms with Gasteiger partial charge in [-0.3, -0.25) is 4.79 Å². The molecule has 0 radical (unpaired) electrons. The first-order valence-corrected chi connectivity index (χ1v) is 8.62. The Labute approximate surface area is 146 Å². The van der Waals surface area contributed by atoms with Crippen molar-refractivity contribution in [1.82, 2.24) is 10.4 Å². The standard InChI is InChI=1S/C21H19N3O/c25-21(20-14-13-16-9-3-5-11-18(16)22-20)24-23-19-12-6-2-8-15-7-1-4-10-17(15)19/h1,3-5,7,9-11,13-14H,2,6,8,12H2,(H,24,25). The number of hydrogen-bond donors (Lipinski definition) is 1. The van der Waals surface area contributed by atoms with Crippen molar-refractivity contribution in [1.29, 1.82) is 0 Å². The number of carbonyl (C=O) groups is 1. The monoisotopic (exact) mass is 329 g/mol. The van der Waals surface area contributed by atoms with Gasteiger partial charge in [-0.1, -0.05) is 48.5 Å². The zero-order valence-electron chi connectivity index (χ0n) is 13.9. The van der Waals surface area contributed by atoms with Gasteiger partial charge in [0.2, 0.25) is 0 Å². The highest BCUT2D eigenvalue weighted by molar-refractivity contribution is 6.03. The molecule has 0 atom stereocenters. The SMILES string of the molecule is O=C(NN=C1CCCCc2ccccc21)c1ccc2ccccc2n1. The second kappa shape index (κ2) is 6.85. The summed E-state index contributed by atoms with van der Waals surface area (Å²) in [6, 6.07) is 19.7. The molecule has 4 heteroatoms. The molecule has 4 rings (SSSR count). The average Bonchev–Trinajstić information content (AvgIpc) is 2.88. The van der Waals surface area contributed by atoms with Crippen LogP contribution in [-0.4, -0.2) is 16.6 Å². The van der Waals surface area contributed by atoms with Gasteiger partial charge < -0.3 is 0 Å². The predicted molar refractivity (Wildman–Crippen MR) is 99.7 cm³/mol. The molecule has 1 aliphatic carbocycles. The first-order valence-electron chi connectivity index (χ1n) is 8.62. The van der Waals surface area contributed by atoms with Crippen LogP contribution in [0.25, 0.3) is 10.9 Å². The minimum atomic E-state index is -0.278. The Morgan fingerprint density at radius 3 is 2.68 bits per heavy atom. The van der Waals surface area contributed by atoms with Crippen LogP contribution in [0.4, 0.5) is 0 Å². The van der Waals surface area contributed by atoms with Crippen molar-refractivity contribution in [2.24, 2.45) is 5.10 Å². The highest BCUT2D eigenvalue weighted by Crippen LogP contribution is 2.20. The van der Waals surface area contributed by atoms with Crippen LogP contribution < -0.4 is 5.43 Å². The number of nitrogens with zero attached hydrogens (tertiary/aromatic N) is 2. The number of benzene rings is 2. The molecular formula is C21H19N3O. The lowest BCUT2D eigenvalue weighted by atomic mass is 10.0. The van der Waals surface area contributed by atoms with Crippen molar-refractivity contribution in [3.05, 3.63) is 77.5 Å². The molecular weight excluding hydrogens is 310 g/mol. The van der Waals surface area contributed by atoms with Crippen LogP contribution >= 0.6 is 0 Å². The second-order valence-electron chi connectivity index (χ2n) is 6.25. The number of pyridine rings is 1. The van der Waals surface area contributed by atoms with Crippen LogP contribution in [0.3, 0.4) is 0 Å². The van der Waals surface area contributed by atoms with E-state index in [0.29, 0.717) is 5.69 Å². The largest absolute Gasteiger partial charge is 0.289 e. The summed E-state index contributed by atoms with van der Waals surface area (Å²) < 4.78 is 0. The van der Waals surface area contributed by atoms with Gasteiger partial charge >= 0.3 is 0 Å².